The Labute approximate surface area is 129 Å². The topological polar surface area (TPSA) is 67.8 Å². The van der Waals surface area contributed by atoms with Crippen LogP contribution in [0.15, 0.2) is 12.1 Å². The van der Waals surface area contributed by atoms with Crippen LogP contribution in [0, 0.1) is 5.92 Å². The van der Waals surface area contributed by atoms with Gasteiger partial charge in [-0.3, -0.25) is 4.79 Å². The molecule has 0 aliphatic carbocycles. The highest BCUT2D eigenvalue weighted by atomic mass is 35.5. The Balaban J connectivity index is 1.72. The lowest BCUT2D eigenvalue weighted by molar-refractivity contribution is -0.137. The molecule has 0 saturated carbocycles. The molecule has 2 rings (SSSR count). The van der Waals surface area contributed by atoms with Crippen LogP contribution in [0.3, 0.4) is 0 Å². The van der Waals surface area contributed by atoms with Crippen molar-refractivity contribution in [3.8, 4) is 11.5 Å². The van der Waals surface area contributed by atoms with Gasteiger partial charge in [0, 0.05) is 13.0 Å². The number of carbonyl (C=O) groups is 1. The molecule has 1 atom stereocenters. The lowest BCUT2D eigenvalue weighted by Gasteiger charge is -2.11. The summed E-state index contributed by atoms with van der Waals surface area (Å²) in [6.07, 6.45) is 1.90. The van der Waals surface area contributed by atoms with Gasteiger partial charge in [0.05, 0.1) is 5.02 Å². The van der Waals surface area contributed by atoms with Crippen LogP contribution in [0.25, 0.3) is 0 Å². The largest absolute Gasteiger partial charge is 0.481 e. The fourth-order valence-electron chi connectivity index (χ4n) is 2.22. The number of benzene rings is 1. The molecule has 1 aliphatic rings. The molecule has 0 saturated heterocycles. The summed E-state index contributed by atoms with van der Waals surface area (Å²) in [6.45, 7) is 3.82. The summed E-state index contributed by atoms with van der Waals surface area (Å²) < 4.78 is 10.6. The van der Waals surface area contributed by atoms with Gasteiger partial charge in [0.1, 0.15) is 0 Å². The summed E-state index contributed by atoms with van der Waals surface area (Å²) in [6, 6.07) is 3.80. The average Bonchev–Trinajstić information content (AvgIpc) is 2.90. The number of rotatable bonds is 8. The monoisotopic (exact) mass is 313 g/mol. The molecule has 5 nitrogen and oxygen atoms in total. The smallest absolute Gasteiger partial charge is 0.303 e. The van der Waals surface area contributed by atoms with Crippen molar-refractivity contribution in [1.82, 2.24) is 5.32 Å². The zero-order valence-electron chi connectivity index (χ0n) is 12.0. The number of carboxylic acid groups (broad SMARTS) is 1. The third-order valence-electron chi connectivity index (χ3n) is 3.48. The van der Waals surface area contributed by atoms with Crippen molar-refractivity contribution >= 4 is 17.6 Å². The predicted molar refractivity (Wildman–Crippen MR) is 79.9 cm³/mol. The molecular formula is C15H20ClNO4. The molecule has 1 heterocycles. The Kier molecular flexibility index (Phi) is 5.70. The Morgan fingerprint density at radius 3 is 3.00 bits per heavy atom. The Morgan fingerprint density at radius 2 is 2.24 bits per heavy atom. The van der Waals surface area contributed by atoms with Crippen molar-refractivity contribution in [2.45, 2.75) is 32.7 Å². The molecule has 0 aromatic heterocycles. The number of ether oxygens (including phenoxy) is 2. The fraction of sp³-hybridized carbons (Fsp3) is 0.533. The van der Waals surface area contributed by atoms with E-state index in [1.807, 2.05) is 12.1 Å². The highest BCUT2D eigenvalue weighted by molar-refractivity contribution is 6.32. The van der Waals surface area contributed by atoms with Crippen molar-refractivity contribution in [2.24, 2.45) is 5.92 Å². The van der Waals surface area contributed by atoms with Gasteiger partial charge in [-0.1, -0.05) is 18.5 Å². The summed E-state index contributed by atoms with van der Waals surface area (Å²) in [5.74, 6) is 0.968. The number of hydrogen-bond donors (Lipinski definition) is 2. The van der Waals surface area contributed by atoms with E-state index in [2.05, 4.69) is 12.2 Å². The third kappa shape index (κ3) is 4.79. The van der Waals surface area contributed by atoms with E-state index in [4.69, 9.17) is 26.2 Å². The zero-order chi connectivity index (χ0) is 15.2. The van der Waals surface area contributed by atoms with Crippen LogP contribution >= 0.6 is 11.6 Å². The Morgan fingerprint density at radius 1 is 1.43 bits per heavy atom. The number of fused-ring (bicyclic) bond motifs is 1. The molecule has 1 unspecified atom stereocenters. The summed E-state index contributed by atoms with van der Waals surface area (Å²) >= 11 is 6.12. The first-order valence-corrected chi connectivity index (χ1v) is 7.44. The molecule has 116 valence electrons. The van der Waals surface area contributed by atoms with Crippen LogP contribution in [-0.2, 0) is 11.3 Å². The molecule has 0 radical (unpaired) electrons. The van der Waals surface area contributed by atoms with Crippen LogP contribution in [0.4, 0.5) is 0 Å². The molecule has 0 bridgehead atoms. The van der Waals surface area contributed by atoms with Crippen LogP contribution in [0.5, 0.6) is 11.5 Å². The molecule has 6 heteroatoms. The van der Waals surface area contributed by atoms with E-state index in [0.29, 0.717) is 35.4 Å². The molecular weight excluding hydrogens is 294 g/mol. The van der Waals surface area contributed by atoms with Crippen molar-refractivity contribution < 1.29 is 19.4 Å². The quantitative estimate of drug-likeness (QED) is 0.722. The average molecular weight is 314 g/mol. The van der Waals surface area contributed by atoms with Gasteiger partial charge in [-0.05, 0) is 43.0 Å². The maximum absolute atomic E-state index is 10.5. The number of hydrogen-bond acceptors (Lipinski definition) is 4. The number of nitrogens with one attached hydrogen (secondary N) is 1. The van der Waals surface area contributed by atoms with Crippen LogP contribution < -0.4 is 14.8 Å². The molecule has 1 aliphatic heterocycles. The number of halogens is 1. The van der Waals surface area contributed by atoms with Gasteiger partial charge in [0.25, 0.3) is 0 Å². The van der Waals surface area contributed by atoms with Crippen molar-refractivity contribution in [3.05, 3.63) is 22.7 Å². The van der Waals surface area contributed by atoms with E-state index in [-0.39, 0.29) is 13.2 Å². The summed E-state index contributed by atoms with van der Waals surface area (Å²) in [4.78, 5) is 10.5. The first kappa shape index (κ1) is 15.9. The summed E-state index contributed by atoms with van der Waals surface area (Å²) in [5, 5.41) is 12.5. The van der Waals surface area contributed by atoms with Gasteiger partial charge in [0.15, 0.2) is 11.5 Å². The Hall–Kier alpha value is -1.46. The second kappa shape index (κ2) is 7.52. The molecule has 1 aromatic rings. The van der Waals surface area contributed by atoms with E-state index in [1.54, 1.807) is 0 Å². The SMILES string of the molecule is CC(CCNCc1cc(Cl)c2c(c1)OCO2)CCC(=O)O. The van der Waals surface area contributed by atoms with Gasteiger partial charge in [-0.25, -0.2) is 0 Å². The molecule has 2 N–H and O–H groups in total. The second-order valence-electron chi connectivity index (χ2n) is 5.31. The first-order chi connectivity index (χ1) is 10.1. The molecule has 0 amide bonds. The summed E-state index contributed by atoms with van der Waals surface area (Å²) in [5.41, 5.74) is 1.04. The van der Waals surface area contributed by atoms with Gasteiger partial charge >= 0.3 is 5.97 Å². The minimum atomic E-state index is -0.732. The van der Waals surface area contributed by atoms with E-state index in [1.165, 1.54) is 0 Å². The standard InChI is InChI=1S/C15H20ClNO4/c1-10(2-3-14(18)19)4-5-17-8-11-6-12(16)15-13(7-11)20-9-21-15/h6-7,10,17H,2-5,8-9H2,1H3,(H,18,19). The van der Waals surface area contributed by atoms with Crippen molar-refractivity contribution in [2.75, 3.05) is 13.3 Å². The van der Waals surface area contributed by atoms with Crippen LogP contribution in [0.2, 0.25) is 5.02 Å². The lowest BCUT2D eigenvalue weighted by atomic mass is 10.0. The first-order valence-electron chi connectivity index (χ1n) is 7.07. The van der Waals surface area contributed by atoms with Crippen molar-refractivity contribution in [3.63, 3.8) is 0 Å². The lowest BCUT2D eigenvalue weighted by Crippen LogP contribution is -2.17. The molecule has 21 heavy (non-hydrogen) atoms. The van der Waals surface area contributed by atoms with E-state index >= 15 is 0 Å². The molecule has 1 aromatic carbocycles. The number of carboxylic acids is 1. The minimum absolute atomic E-state index is 0.215. The third-order valence-corrected chi connectivity index (χ3v) is 3.76. The normalized spacial score (nSPS) is 14.2. The van der Waals surface area contributed by atoms with Gasteiger partial charge in [-0.15, -0.1) is 0 Å². The maximum Gasteiger partial charge on any atom is 0.303 e. The maximum atomic E-state index is 10.5. The summed E-state index contributed by atoms with van der Waals surface area (Å²) in [7, 11) is 0. The van der Waals surface area contributed by atoms with Crippen LogP contribution in [-0.4, -0.2) is 24.4 Å². The van der Waals surface area contributed by atoms with E-state index in [0.717, 1.165) is 18.5 Å². The van der Waals surface area contributed by atoms with Gasteiger partial charge in [0.2, 0.25) is 6.79 Å². The number of aliphatic carboxylic acids is 1. The molecule has 0 spiro atoms. The van der Waals surface area contributed by atoms with Gasteiger partial charge in [-0.2, -0.15) is 0 Å². The molecule has 0 fully saturated rings. The Bertz CT molecular complexity index is 507. The van der Waals surface area contributed by atoms with E-state index < -0.39 is 5.97 Å². The van der Waals surface area contributed by atoms with Crippen molar-refractivity contribution in [1.29, 1.82) is 0 Å². The minimum Gasteiger partial charge on any atom is -0.481 e. The highest BCUT2D eigenvalue weighted by Crippen LogP contribution is 2.39. The van der Waals surface area contributed by atoms with Gasteiger partial charge < -0.3 is 19.9 Å². The second-order valence-corrected chi connectivity index (χ2v) is 5.72. The van der Waals surface area contributed by atoms with Crippen LogP contribution in [0.1, 0.15) is 31.7 Å². The highest BCUT2D eigenvalue weighted by Gasteiger charge is 2.18. The fourth-order valence-corrected chi connectivity index (χ4v) is 2.51. The van der Waals surface area contributed by atoms with E-state index in [9.17, 15) is 4.79 Å². The zero-order valence-corrected chi connectivity index (χ0v) is 12.8. The predicted octanol–water partition coefficient (Wildman–Crippen LogP) is 3.05.